The lowest BCUT2D eigenvalue weighted by Crippen LogP contribution is -2.13. The Hall–Kier alpha value is -2.11. The van der Waals surface area contributed by atoms with Gasteiger partial charge >= 0.3 is 11.9 Å². The molecule has 0 atom stereocenters. The van der Waals surface area contributed by atoms with Gasteiger partial charge in [0.15, 0.2) is 0 Å². The van der Waals surface area contributed by atoms with E-state index in [0.29, 0.717) is 0 Å². The Morgan fingerprint density at radius 2 is 1.74 bits per heavy atom. The molecule has 0 aliphatic carbocycles. The summed E-state index contributed by atoms with van der Waals surface area (Å²) in [6.45, 7) is 3.95. The third-order valence-corrected chi connectivity index (χ3v) is 1.77. The predicted molar refractivity (Wildman–Crippen MR) is 68.7 cm³/mol. The molecule has 1 heterocycles. The van der Waals surface area contributed by atoms with Gasteiger partial charge in [0.25, 0.3) is 0 Å². The highest BCUT2D eigenvalue weighted by molar-refractivity contribution is 5.91. The number of carbonyl (C=O) groups excluding carboxylic acids is 2. The van der Waals surface area contributed by atoms with Crippen molar-refractivity contribution in [2.45, 2.75) is 20.3 Å². The van der Waals surface area contributed by atoms with Crippen molar-refractivity contribution >= 4 is 11.9 Å². The van der Waals surface area contributed by atoms with E-state index in [1.165, 1.54) is 0 Å². The number of hydrogen-bond acceptors (Lipinski definition) is 6. The number of esters is 2. The normalized spacial score (nSPS) is 8.79. The number of carbonyl (C=O) groups is 2. The zero-order chi connectivity index (χ0) is 14.5. The van der Waals surface area contributed by atoms with E-state index in [4.69, 9.17) is 4.74 Å². The minimum Gasteiger partial charge on any atom is -0.495 e. The second kappa shape index (κ2) is 11.0. The molecule has 0 amide bonds. The second-order valence-corrected chi connectivity index (χ2v) is 3.18. The van der Waals surface area contributed by atoms with Gasteiger partial charge in [-0.15, -0.1) is 0 Å². The molecule has 0 fully saturated rings. The predicted octanol–water partition coefficient (Wildman–Crippen LogP) is 1.59. The third-order valence-electron chi connectivity index (χ3n) is 1.77. The molecule has 0 aromatic carbocycles. The Bertz CT molecular complexity index is 351. The minimum absolute atomic E-state index is 0.290. The van der Waals surface area contributed by atoms with Crippen LogP contribution in [-0.2, 0) is 19.1 Å². The fourth-order valence-corrected chi connectivity index (χ4v) is 1.01. The van der Waals surface area contributed by atoms with E-state index >= 15 is 0 Å². The SMILES string of the molecule is CCOC(=O)CC(=O)OCC.COc1cccnc1. The standard InChI is InChI=1S/C7H12O4.C6H7NO/c1-3-10-6(8)5-7(9)11-4-2;1-8-6-3-2-4-7-5-6/h3-5H2,1-2H3;2-5H,1H3. The van der Waals surface area contributed by atoms with Crippen LogP contribution in [0.4, 0.5) is 0 Å². The number of ether oxygens (including phenoxy) is 3. The van der Waals surface area contributed by atoms with E-state index in [1.807, 2.05) is 12.1 Å². The molecule has 6 heteroatoms. The fraction of sp³-hybridized carbons (Fsp3) is 0.462. The molecule has 0 saturated carbocycles. The van der Waals surface area contributed by atoms with Crippen LogP contribution in [0, 0.1) is 0 Å². The smallest absolute Gasteiger partial charge is 0.317 e. The van der Waals surface area contributed by atoms with Gasteiger partial charge in [-0.1, -0.05) is 0 Å². The van der Waals surface area contributed by atoms with Gasteiger partial charge in [0.1, 0.15) is 12.2 Å². The summed E-state index contributed by atoms with van der Waals surface area (Å²) in [5.74, 6) is -0.274. The van der Waals surface area contributed by atoms with Crippen LogP contribution in [0.5, 0.6) is 5.75 Å². The third kappa shape index (κ3) is 9.58. The quantitative estimate of drug-likeness (QED) is 0.597. The first-order chi connectivity index (χ1) is 9.13. The number of hydrogen-bond donors (Lipinski definition) is 0. The summed E-state index contributed by atoms with van der Waals surface area (Å²) >= 11 is 0. The Balaban J connectivity index is 0.000000356. The molecule has 1 rings (SSSR count). The summed E-state index contributed by atoms with van der Waals surface area (Å²) in [5, 5.41) is 0. The summed E-state index contributed by atoms with van der Waals surface area (Å²) in [5.41, 5.74) is 0. The van der Waals surface area contributed by atoms with Gasteiger partial charge in [-0.3, -0.25) is 14.6 Å². The van der Waals surface area contributed by atoms with E-state index in [0.717, 1.165) is 5.75 Å². The van der Waals surface area contributed by atoms with E-state index in [2.05, 4.69) is 14.5 Å². The number of methoxy groups -OCH3 is 1. The summed E-state index contributed by atoms with van der Waals surface area (Å²) < 4.78 is 13.9. The lowest BCUT2D eigenvalue weighted by molar-refractivity contribution is -0.153. The van der Waals surface area contributed by atoms with Crippen LogP contribution in [0.3, 0.4) is 0 Å². The molecule has 0 aliphatic heterocycles. The highest BCUT2D eigenvalue weighted by atomic mass is 16.6. The molecule has 19 heavy (non-hydrogen) atoms. The molecule has 0 spiro atoms. The first kappa shape index (κ1) is 16.9. The van der Waals surface area contributed by atoms with Gasteiger partial charge in [-0.05, 0) is 26.0 Å². The lowest BCUT2D eigenvalue weighted by Gasteiger charge is -2.00. The Kier molecular flexibility index (Phi) is 9.79. The van der Waals surface area contributed by atoms with Crippen LogP contribution >= 0.6 is 0 Å². The molecule has 0 saturated heterocycles. The second-order valence-electron chi connectivity index (χ2n) is 3.18. The van der Waals surface area contributed by atoms with Crippen molar-refractivity contribution in [1.29, 1.82) is 0 Å². The Morgan fingerprint density at radius 1 is 1.16 bits per heavy atom. The highest BCUT2D eigenvalue weighted by Crippen LogP contribution is 2.02. The van der Waals surface area contributed by atoms with Crippen LogP contribution in [-0.4, -0.2) is 37.2 Å². The van der Waals surface area contributed by atoms with Crippen LogP contribution in [0.25, 0.3) is 0 Å². The van der Waals surface area contributed by atoms with Gasteiger partial charge in [-0.25, -0.2) is 0 Å². The summed E-state index contributed by atoms with van der Waals surface area (Å²) in [6, 6.07) is 3.69. The van der Waals surface area contributed by atoms with Crippen molar-refractivity contribution in [2.75, 3.05) is 20.3 Å². The van der Waals surface area contributed by atoms with E-state index in [9.17, 15) is 9.59 Å². The van der Waals surface area contributed by atoms with Crippen molar-refractivity contribution in [2.24, 2.45) is 0 Å². The van der Waals surface area contributed by atoms with Gasteiger partial charge in [-0.2, -0.15) is 0 Å². The molecular weight excluding hydrogens is 250 g/mol. The fourth-order valence-electron chi connectivity index (χ4n) is 1.01. The van der Waals surface area contributed by atoms with E-state index in [1.54, 1.807) is 33.4 Å². The zero-order valence-electron chi connectivity index (χ0n) is 11.4. The van der Waals surface area contributed by atoms with Gasteiger partial charge in [0, 0.05) is 6.20 Å². The maximum absolute atomic E-state index is 10.6. The zero-order valence-corrected chi connectivity index (χ0v) is 11.4. The van der Waals surface area contributed by atoms with E-state index < -0.39 is 11.9 Å². The molecule has 1 aromatic rings. The molecule has 6 nitrogen and oxygen atoms in total. The topological polar surface area (TPSA) is 74.7 Å². The minimum atomic E-state index is -0.536. The van der Waals surface area contributed by atoms with Crippen molar-refractivity contribution in [3.63, 3.8) is 0 Å². The molecule has 0 radical (unpaired) electrons. The highest BCUT2D eigenvalue weighted by Gasteiger charge is 2.09. The monoisotopic (exact) mass is 269 g/mol. The largest absolute Gasteiger partial charge is 0.495 e. The molecule has 106 valence electrons. The molecule has 0 unspecified atom stereocenters. The van der Waals surface area contributed by atoms with Crippen LogP contribution in [0.15, 0.2) is 24.5 Å². The van der Waals surface area contributed by atoms with Crippen molar-refractivity contribution in [3.05, 3.63) is 24.5 Å². The first-order valence-corrected chi connectivity index (χ1v) is 5.89. The number of nitrogens with zero attached hydrogens (tertiary/aromatic N) is 1. The Labute approximate surface area is 112 Å². The van der Waals surface area contributed by atoms with Crippen LogP contribution in [0.2, 0.25) is 0 Å². The number of pyridine rings is 1. The molecule has 0 N–H and O–H groups in total. The first-order valence-electron chi connectivity index (χ1n) is 5.89. The maximum Gasteiger partial charge on any atom is 0.317 e. The van der Waals surface area contributed by atoms with Crippen LogP contribution < -0.4 is 4.74 Å². The average molecular weight is 269 g/mol. The molecule has 1 aromatic heterocycles. The lowest BCUT2D eigenvalue weighted by atomic mass is 10.4. The number of aromatic nitrogens is 1. The van der Waals surface area contributed by atoms with Crippen molar-refractivity contribution in [3.8, 4) is 5.75 Å². The summed E-state index contributed by atoms with van der Waals surface area (Å²) in [7, 11) is 1.62. The number of rotatable bonds is 5. The van der Waals surface area contributed by atoms with Gasteiger partial charge < -0.3 is 14.2 Å². The molecule has 0 bridgehead atoms. The van der Waals surface area contributed by atoms with Crippen molar-refractivity contribution in [1.82, 2.24) is 4.98 Å². The average Bonchev–Trinajstić information content (AvgIpc) is 2.41. The molecular formula is C13H19NO5. The Morgan fingerprint density at radius 3 is 2.05 bits per heavy atom. The van der Waals surface area contributed by atoms with E-state index in [-0.39, 0.29) is 19.6 Å². The summed E-state index contributed by atoms with van der Waals surface area (Å²) in [4.78, 5) is 25.0. The van der Waals surface area contributed by atoms with Gasteiger partial charge in [0.05, 0.1) is 26.5 Å². The molecule has 0 aliphatic rings. The van der Waals surface area contributed by atoms with Crippen molar-refractivity contribution < 1.29 is 23.8 Å². The summed E-state index contributed by atoms with van der Waals surface area (Å²) in [6.07, 6.45) is 3.09. The van der Waals surface area contributed by atoms with Gasteiger partial charge in [0.2, 0.25) is 0 Å². The van der Waals surface area contributed by atoms with Crippen LogP contribution in [0.1, 0.15) is 20.3 Å². The maximum atomic E-state index is 10.6.